The molecule has 0 amide bonds. The van der Waals surface area contributed by atoms with Crippen LogP contribution < -0.4 is 10.5 Å². The maximum Gasteiger partial charge on any atom is 0.522 e. The van der Waals surface area contributed by atoms with Crippen LogP contribution in [0.15, 0.2) is 18.2 Å². The van der Waals surface area contributed by atoms with Crippen LogP contribution in [0.4, 0.5) is 17.6 Å². The topological polar surface area (TPSA) is 44.5 Å². The van der Waals surface area contributed by atoms with E-state index in [-0.39, 0.29) is 12.3 Å². The van der Waals surface area contributed by atoms with E-state index in [4.69, 9.17) is 10.5 Å². The summed E-state index contributed by atoms with van der Waals surface area (Å²) in [6, 6.07) is 4.11. The highest BCUT2D eigenvalue weighted by molar-refractivity contribution is 5.34. The second-order valence-electron chi connectivity index (χ2n) is 3.07. The predicted octanol–water partition coefficient (Wildman–Crippen LogP) is 2.20. The highest BCUT2D eigenvalue weighted by Gasteiger charge is 2.28. The molecule has 0 aromatic heterocycles. The van der Waals surface area contributed by atoms with E-state index in [0.717, 1.165) is 6.07 Å². The molecule has 2 N–H and O–H groups in total. The molecule has 96 valence electrons. The summed E-state index contributed by atoms with van der Waals surface area (Å²) < 4.78 is 56.5. The molecule has 0 atom stereocenters. The Morgan fingerprint density at radius 1 is 1.18 bits per heavy atom. The summed E-state index contributed by atoms with van der Waals surface area (Å²) in [4.78, 5) is 0. The SMILES string of the molecule is NCc1cccc(F)c1OCCOC(F)(F)F. The first-order valence-corrected chi connectivity index (χ1v) is 4.75. The van der Waals surface area contributed by atoms with Crippen molar-refractivity contribution in [1.29, 1.82) is 0 Å². The fourth-order valence-corrected chi connectivity index (χ4v) is 1.18. The van der Waals surface area contributed by atoms with Crippen molar-refractivity contribution in [3.63, 3.8) is 0 Å². The average molecular weight is 253 g/mol. The first kappa shape index (κ1) is 13.7. The normalized spacial score (nSPS) is 11.6. The van der Waals surface area contributed by atoms with E-state index in [1.807, 2.05) is 0 Å². The molecule has 0 aliphatic carbocycles. The Kier molecular flexibility index (Phi) is 4.71. The van der Waals surface area contributed by atoms with Crippen molar-refractivity contribution in [2.45, 2.75) is 12.9 Å². The molecular weight excluding hydrogens is 242 g/mol. The summed E-state index contributed by atoms with van der Waals surface area (Å²) in [5, 5.41) is 0. The number of benzene rings is 1. The molecule has 0 saturated heterocycles. The van der Waals surface area contributed by atoms with Gasteiger partial charge in [-0.2, -0.15) is 0 Å². The average Bonchev–Trinajstić information content (AvgIpc) is 2.24. The summed E-state index contributed by atoms with van der Waals surface area (Å²) >= 11 is 0. The highest BCUT2D eigenvalue weighted by Crippen LogP contribution is 2.22. The second kappa shape index (κ2) is 5.83. The molecule has 1 aromatic rings. The summed E-state index contributed by atoms with van der Waals surface area (Å²) in [6.07, 6.45) is -4.71. The lowest BCUT2D eigenvalue weighted by atomic mass is 10.2. The van der Waals surface area contributed by atoms with Crippen LogP contribution in [0.5, 0.6) is 5.75 Å². The van der Waals surface area contributed by atoms with Crippen molar-refractivity contribution >= 4 is 0 Å². The van der Waals surface area contributed by atoms with E-state index >= 15 is 0 Å². The van der Waals surface area contributed by atoms with E-state index < -0.39 is 25.4 Å². The molecule has 1 aromatic carbocycles. The van der Waals surface area contributed by atoms with Crippen LogP contribution in [-0.4, -0.2) is 19.6 Å². The van der Waals surface area contributed by atoms with Crippen molar-refractivity contribution in [1.82, 2.24) is 0 Å². The van der Waals surface area contributed by atoms with Gasteiger partial charge in [-0.05, 0) is 6.07 Å². The molecule has 0 radical (unpaired) electrons. The standard InChI is InChI=1S/C10H11F4NO2/c11-8-3-1-2-7(6-15)9(8)16-4-5-17-10(12,13)14/h1-3H,4-6,15H2. The van der Waals surface area contributed by atoms with Crippen LogP contribution in [-0.2, 0) is 11.3 Å². The lowest BCUT2D eigenvalue weighted by Crippen LogP contribution is -2.18. The molecule has 3 nitrogen and oxygen atoms in total. The number of para-hydroxylation sites is 1. The number of hydrogen-bond donors (Lipinski definition) is 1. The molecule has 0 bridgehead atoms. The Morgan fingerprint density at radius 2 is 1.88 bits per heavy atom. The van der Waals surface area contributed by atoms with Crippen LogP contribution in [0.25, 0.3) is 0 Å². The Balaban J connectivity index is 2.52. The number of nitrogens with two attached hydrogens (primary N) is 1. The summed E-state index contributed by atoms with van der Waals surface area (Å²) in [5.74, 6) is -0.805. The predicted molar refractivity (Wildman–Crippen MR) is 51.8 cm³/mol. The Morgan fingerprint density at radius 3 is 2.47 bits per heavy atom. The van der Waals surface area contributed by atoms with Crippen LogP contribution in [0, 0.1) is 5.82 Å². The molecule has 0 spiro atoms. The molecule has 17 heavy (non-hydrogen) atoms. The van der Waals surface area contributed by atoms with Crippen molar-refractivity contribution in [2.75, 3.05) is 13.2 Å². The van der Waals surface area contributed by atoms with Gasteiger partial charge in [0, 0.05) is 12.1 Å². The number of ether oxygens (including phenoxy) is 2. The van der Waals surface area contributed by atoms with E-state index in [1.54, 1.807) is 0 Å². The van der Waals surface area contributed by atoms with E-state index in [0.29, 0.717) is 5.56 Å². The summed E-state index contributed by atoms with van der Waals surface area (Å²) in [5.41, 5.74) is 5.72. The van der Waals surface area contributed by atoms with Crippen molar-refractivity contribution in [3.05, 3.63) is 29.6 Å². The van der Waals surface area contributed by atoms with Gasteiger partial charge >= 0.3 is 6.36 Å². The molecular formula is C10H11F4NO2. The fourth-order valence-electron chi connectivity index (χ4n) is 1.18. The van der Waals surface area contributed by atoms with Gasteiger partial charge in [0.2, 0.25) is 0 Å². The maximum absolute atomic E-state index is 13.3. The molecule has 0 saturated carbocycles. The second-order valence-corrected chi connectivity index (χ2v) is 3.07. The minimum atomic E-state index is -4.71. The smallest absolute Gasteiger partial charge is 0.488 e. The Hall–Kier alpha value is -1.34. The molecule has 1 rings (SSSR count). The van der Waals surface area contributed by atoms with E-state index in [2.05, 4.69) is 4.74 Å². The molecule has 0 fully saturated rings. The van der Waals surface area contributed by atoms with Crippen LogP contribution in [0.3, 0.4) is 0 Å². The third kappa shape index (κ3) is 4.58. The van der Waals surface area contributed by atoms with Gasteiger partial charge in [0.15, 0.2) is 11.6 Å². The number of halogens is 4. The first-order chi connectivity index (χ1) is 7.94. The molecule has 7 heteroatoms. The van der Waals surface area contributed by atoms with Gasteiger partial charge in [-0.25, -0.2) is 4.39 Å². The molecule has 0 aliphatic heterocycles. The molecule has 0 unspecified atom stereocenters. The van der Waals surface area contributed by atoms with Crippen LogP contribution >= 0.6 is 0 Å². The van der Waals surface area contributed by atoms with Gasteiger partial charge in [0.1, 0.15) is 6.61 Å². The van der Waals surface area contributed by atoms with Gasteiger partial charge in [-0.15, -0.1) is 13.2 Å². The van der Waals surface area contributed by atoms with Gasteiger partial charge in [0.05, 0.1) is 6.61 Å². The minimum Gasteiger partial charge on any atom is -0.488 e. The van der Waals surface area contributed by atoms with Crippen molar-refractivity contribution < 1.29 is 27.0 Å². The number of rotatable bonds is 5. The van der Waals surface area contributed by atoms with Crippen molar-refractivity contribution in [2.24, 2.45) is 5.73 Å². The zero-order valence-electron chi connectivity index (χ0n) is 8.76. The van der Waals surface area contributed by atoms with E-state index in [1.165, 1.54) is 12.1 Å². The zero-order chi connectivity index (χ0) is 12.9. The lowest BCUT2D eigenvalue weighted by Gasteiger charge is -2.12. The third-order valence-corrected chi connectivity index (χ3v) is 1.86. The van der Waals surface area contributed by atoms with E-state index in [9.17, 15) is 17.6 Å². The monoisotopic (exact) mass is 253 g/mol. The largest absolute Gasteiger partial charge is 0.522 e. The van der Waals surface area contributed by atoms with Gasteiger partial charge in [0.25, 0.3) is 0 Å². The molecule has 0 aliphatic rings. The fraction of sp³-hybridized carbons (Fsp3) is 0.400. The first-order valence-electron chi connectivity index (χ1n) is 4.75. The number of hydrogen-bond acceptors (Lipinski definition) is 3. The van der Waals surface area contributed by atoms with Crippen LogP contribution in [0.1, 0.15) is 5.56 Å². The van der Waals surface area contributed by atoms with Gasteiger partial charge in [-0.1, -0.05) is 12.1 Å². The summed E-state index contributed by atoms with van der Waals surface area (Å²) in [6.45, 7) is -1.08. The summed E-state index contributed by atoms with van der Waals surface area (Å²) in [7, 11) is 0. The quantitative estimate of drug-likeness (QED) is 0.646. The zero-order valence-corrected chi connectivity index (χ0v) is 8.76. The third-order valence-electron chi connectivity index (χ3n) is 1.86. The van der Waals surface area contributed by atoms with Gasteiger partial charge in [-0.3, -0.25) is 4.74 Å². The Labute approximate surface area is 95.1 Å². The maximum atomic E-state index is 13.3. The van der Waals surface area contributed by atoms with Gasteiger partial charge < -0.3 is 10.5 Å². The lowest BCUT2D eigenvalue weighted by molar-refractivity contribution is -0.325. The Bertz CT molecular complexity index is 368. The highest BCUT2D eigenvalue weighted by atomic mass is 19.4. The number of alkyl halides is 3. The minimum absolute atomic E-state index is 0.0349. The van der Waals surface area contributed by atoms with Crippen molar-refractivity contribution in [3.8, 4) is 5.75 Å². The molecule has 0 heterocycles. The van der Waals surface area contributed by atoms with Crippen LogP contribution in [0.2, 0.25) is 0 Å².